The fourth-order valence-electron chi connectivity index (χ4n) is 0. The Bertz CT molecular complexity index is 7.51. The summed E-state index contributed by atoms with van der Waals surface area (Å²) in [5, 5.41) is 0. The molecule has 5 radical (unpaired) electrons. The van der Waals surface area contributed by atoms with E-state index in [1.54, 1.807) is 0 Å². The average molecular weight is 216 g/mol. The molecule has 0 N–H and O–H groups in total. The van der Waals surface area contributed by atoms with E-state index in [-0.39, 0.29) is 46.2 Å². The summed E-state index contributed by atoms with van der Waals surface area (Å²) in [6.07, 6.45) is 2.72. The maximum Gasteiger partial charge on any atom is 0.0359 e. The maximum atomic E-state index is 4.39. The van der Waals surface area contributed by atoms with E-state index < -0.39 is 0 Å². The van der Waals surface area contributed by atoms with Gasteiger partial charge in [0.2, 0.25) is 0 Å². The first-order chi connectivity index (χ1) is 1.00. The van der Waals surface area contributed by atoms with Crippen molar-refractivity contribution < 1.29 is 0 Å². The summed E-state index contributed by atoms with van der Waals surface area (Å²) in [7, 11) is 0. The Morgan fingerprint density at radius 2 is 0.833 bits per heavy atom. The predicted molar refractivity (Wildman–Crippen MR) is 37.2 cm³/mol. The summed E-state index contributed by atoms with van der Waals surface area (Å²) in [5.74, 6) is 0. The molecule has 0 atom stereocenters. The van der Waals surface area contributed by atoms with Crippen LogP contribution in [0.25, 0.3) is 0 Å². The van der Waals surface area contributed by atoms with Crippen LogP contribution in [0.2, 0.25) is 0 Å². The van der Waals surface area contributed by atoms with Gasteiger partial charge >= 0.3 is 0 Å². The van der Waals surface area contributed by atoms with Gasteiger partial charge in [-0.25, -0.2) is 0 Å². The summed E-state index contributed by atoms with van der Waals surface area (Å²) in [5.41, 5.74) is 0. The van der Waals surface area contributed by atoms with Crippen molar-refractivity contribution in [2.45, 2.75) is 22.3 Å². The van der Waals surface area contributed by atoms with E-state index in [1.165, 1.54) is 0 Å². The molecule has 0 aliphatic heterocycles. The van der Waals surface area contributed by atoms with E-state index in [1.807, 2.05) is 0 Å². The Morgan fingerprint density at radius 1 is 0.833 bits per heavy atom. The van der Waals surface area contributed by atoms with Gasteiger partial charge in [0, 0.05) is 30.3 Å². The van der Waals surface area contributed by atoms with Gasteiger partial charge < -0.3 is 0 Å². The fourth-order valence-corrected chi connectivity index (χ4v) is 0. The Kier molecular flexibility index (Phi) is 1340. The monoisotopic (exact) mass is 217 g/mol. The molecule has 0 aromatic heterocycles. The summed E-state index contributed by atoms with van der Waals surface area (Å²) in [6.45, 7) is 0. The van der Waals surface area contributed by atoms with Gasteiger partial charge in [0.25, 0.3) is 0 Å². The van der Waals surface area contributed by atoms with E-state index in [9.17, 15) is 0 Å². The van der Waals surface area contributed by atoms with E-state index in [2.05, 4.69) is 18.0 Å². The van der Waals surface area contributed by atoms with Crippen LogP contribution >= 0.6 is 11.6 Å². The van der Waals surface area contributed by atoms with Gasteiger partial charge in [-0.3, -0.25) is 0 Å². The number of halogens is 1. The molecule has 0 aromatic rings. The second-order valence-electron chi connectivity index (χ2n) is 0. The van der Waals surface area contributed by atoms with E-state index in [4.69, 9.17) is 0 Å². The van der Waals surface area contributed by atoms with Crippen molar-refractivity contribution in [3.8, 4) is 0 Å². The van der Waals surface area contributed by atoms with E-state index >= 15 is 0 Å². The maximum absolute atomic E-state index is 4.39. The van der Waals surface area contributed by atoms with Crippen LogP contribution < -0.4 is 0 Å². The smallest absolute Gasteiger partial charge is 0.0359 e. The van der Waals surface area contributed by atoms with Crippen molar-refractivity contribution in [3.05, 3.63) is 6.38 Å². The molecule has 0 unspecified atom stereocenters. The molecule has 0 bridgehead atoms. The molecule has 0 nitrogen and oxygen atoms in total. The molecule has 2 heteroatoms. The van der Waals surface area contributed by atoms with Crippen LogP contribution in [0.3, 0.4) is 0 Å². The van der Waals surface area contributed by atoms with Gasteiger partial charge in [-0.15, -0.1) is 11.6 Å². The van der Waals surface area contributed by atoms with Gasteiger partial charge in [-0.2, -0.15) is 0 Å². The van der Waals surface area contributed by atoms with Crippen molar-refractivity contribution in [3.63, 3.8) is 0 Å². The minimum absolute atomic E-state index is 0. The molecule has 0 aliphatic rings. The van der Waals surface area contributed by atoms with Crippen LogP contribution in [-0.4, -0.2) is 23.9 Å². The summed E-state index contributed by atoms with van der Waals surface area (Å²) >= 11 is 4.39. The van der Waals surface area contributed by atoms with Gasteiger partial charge in [0.15, 0.2) is 0 Å². The topological polar surface area (TPSA) is 0 Å². The van der Waals surface area contributed by atoms with E-state index in [0.717, 1.165) is 0 Å². The minimum atomic E-state index is 0. The van der Waals surface area contributed by atoms with Crippen molar-refractivity contribution in [1.82, 2.24) is 0 Å². The average Bonchev–Trinajstić information content (AvgIpc) is 1.00. The molecule has 0 rings (SSSR count). The first-order valence-corrected chi connectivity index (χ1v) is 0.802. The molecular formula is C4H14ClSn. The summed E-state index contributed by atoms with van der Waals surface area (Å²) < 4.78 is 0. The first-order valence-electron chi connectivity index (χ1n) is 0.267. The van der Waals surface area contributed by atoms with Crippen LogP contribution in [-0.2, 0) is 0 Å². The third-order valence-electron chi connectivity index (χ3n) is 0. The van der Waals surface area contributed by atoms with Crippen molar-refractivity contribution in [2.24, 2.45) is 0 Å². The van der Waals surface area contributed by atoms with Gasteiger partial charge in [0.05, 0.1) is 0 Å². The van der Waals surface area contributed by atoms with Crippen molar-refractivity contribution in [2.75, 3.05) is 0 Å². The molecule has 0 heterocycles. The quantitative estimate of drug-likeness (QED) is 0.546. The van der Waals surface area contributed by atoms with Crippen molar-refractivity contribution >= 4 is 35.5 Å². The SMILES string of the molecule is C.C.C.[CH2]Cl.[Sn]. The molecule has 0 aromatic carbocycles. The number of rotatable bonds is 0. The molecule has 0 fully saturated rings. The molecule has 0 aliphatic carbocycles. The normalized spacial score (nSPS) is 1.00. The molecule has 41 valence electrons. The predicted octanol–water partition coefficient (Wildman–Crippen LogP) is 2.54. The molecule has 0 saturated heterocycles. The molecular weight excluding hydrogens is 202 g/mol. The molecule has 0 amide bonds. The van der Waals surface area contributed by atoms with E-state index in [0.29, 0.717) is 0 Å². The number of hydrogen-bond acceptors (Lipinski definition) is 0. The zero-order valence-corrected chi connectivity index (χ0v) is 5.20. The van der Waals surface area contributed by atoms with Crippen LogP contribution in [0.4, 0.5) is 0 Å². The molecule has 6 heavy (non-hydrogen) atoms. The Morgan fingerprint density at radius 3 is 0.833 bits per heavy atom. The Labute approximate surface area is 64.2 Å². The largest absolute Gasteiger partial charge is 0.125 e. The standard InChI is InChI=1S/CH2Cl.3CH4.Sn/c1-2;;;;/h1H2;3*1H4;. The second kappa shape index (κ2) is 133. The minimum Gasteiger partial charge on any atom is -0.125 e. The molecule has 0 saturated carbocycles. The Balaban J connectivity index is -0.000000000833. The first kappa shape index (κ1) is 60.2. The zero-order valence-electron chi connectivity index (χ0n) is 1.59. The van der Waals surface area contributed by atoms with Crippen LogP contribution in [0.1, 0.15) is 22.3 Å². The fraction of sp³-hybridized carbons (Fsp3) is 0.750. The molecule has 0 spiro atoms. The van der Waals surface area contributed by atoms with Crippen LogP contribution in [0.15, 0.2) is 0 Å². The van der Waals surface area contributed by atoms with Gasteiger partial charge in [-0.05, 0) is 0 Å². The second-order valence-corrected chi connectivity index (χ2v) is 0. The summed E-state index contributed by atoms with van der Waals surface area (Å²) in [6, 6.07) is 0. The Hall–Kier alpha value is 1.09. The van der Waals surface area contributed by atoms with Gasteiger partial charge in [0.1, 0.15) is 0 Å². The van der Waals surface area contributed by atoms with Crippen LogP contribution in [0.5, 0.6) is 0 Å². The zero-order chi connectivity index (χ0) is 2.00. The number of hydrogen-bond donors (Lipinski definition) is 0. The third-order valence-corrected chi connectivity index (χ3v) is 0. The van der Waals surface area contributed by atoms with Crippen LogP contribution in [0, 0.1) is 6.38 Å². The summed E-state index contributed by atoms with van der Waals surface area (Å²) in [4.78, 5) is 0. The van der Waals surface area contributed by atoms with Gasteiger partial charge in [-0.1, -0.05) is 22.3 Å². The third kappa shape index (κ3) is 71.8. The van der Waals surface area contributed by atoms with Crippen molar-refractivity contribution in [1.29, 1.82) is 0 Å².